The summed E-state index contributed by atoms with van der Waals surface area (Å²) in [7, 11) is 0. The summed E-state index contributed by atoms with van der Waals surface area (Å²) in [5.41, 5.74) is 0. The van der Waals surface area contributed by atoms with Gasteiger partial charge in [-0.15, -0.1) is 0 Å². The van der Waals surface area contributed by atoms with Crippen LogP contribution >= 0.6 is 0 Å². The summed E-state index contributed by atoms with van der Waals surface area (Å²) < 4.78 is 10.5. The molecule has 0 aliphatic carbocycles. The van der Waals surface area contributed by atoms with Crippen molar-refractivity contribution < 1.29 is 9.47 Å². The van der Waals surface area contributed by atoms with Crippen LogP contribution < -0.4 is 0 Å². The first-order chi connectivity index (χ1) is 9.15. The second kappa shape index (κ2) is 11.4. The Morgan fingerprint density at radius 3 is 1.20 bits per heavy atom. The summed E-state index contributed by atoms with van der Waals surface area (Å²) in [6.45, 7) is 27.2. The molecule has 0 aromatic rings. The van der Waals surface area contributed by atoms with Gasteiger partial charge in [0.15, 0.2) is 0 Å². The Balaban J connectivity index is 0. The molecule has 0 heterocycles. The molecule has 0 atom stereocenters. The normalized spacial score (nSPS) is 9.60. The lowest BCUT2D eigenvalue weighted by atomic mass is 10.1. The van der Waals surface area contributed by atoms with Crippen LogP contribution in [0, 0.1) is 11.8 Å². The van der Waals surface area contributed by atoms with Crippen LogP contribution in [0.2, 0.25) is 0 Å². The molecular weight excluding hydrogens is 248 g/mol. The molecule has 0 aliphatic heterocycles. The fourth-order valence-corrected chi connectivity index (χ4v) is 0.753. The summed E-state index contributed by atoms with van der Waals surface area (Å²) >= 11 is 0. The van der Waals surface area contributed by atoms with E-state index in [0.29, 0.717) is 11.8 Å². The molecular formula is C18H32O2. The number of rotatable bonds is 8. The van der Waals surface area contributed by atoms with Gasteiger partial charge in [0.25, 0.3) is 0 Å². The lowest BCUT2D eigenvalue weighted by Gasteiger charge is -2.15. The van der Waals surface area contributed by atoms with Crippen molar-refractivity contribution in [2.75, 3.05) is 0 Å². The van der Waals surface area contributed by atoms with E-state index in [-0.39, 0.29) is 0 Å². The van der Waals surface area contributed by atoms with E-state index in [1.807, 2.05) is 13.8 Å². The van der Waals surface area contributed by atoms with E-state index in [1.54, 1.807) is 0 Å². The van der Waals surface area contributed by atoms with Gasteiger partial charge in [-0.1, -0.05) is 67.9 Å². The van der Waals surface area contributed by atoms with E-state index in [2.05, 4.69) is 54.0 Å². The number of hydrogen-bond acceptors (Lipinski definition) is 2. The van der Waals surface area contributed by atoms with Crippen molar-refractivity contribution in [1.82, 2.24) is 0 Å². The zero-order valence-electron chi connectivity index (χ0n) is 14.2. The first-order valence-corrected chi connectivity index (χ1v) is 7.24. The molecule has 2 nitrogen and oxygen atoms in total. The Labute approximate surface area is 125 Å². The SMILES string of the molecule is C=C(CC)OC(=C)CC.C=C(OC(=C)C(C)C)C(C)C. The first kappa shape index (κ1) is 20.9. The zero-order chi connectivity index (χ0) is 16.3. The first-order valence-electron chi connectivity index (χ1n) is 7.24. The molecule has 0 aromatic carbocycles. The summed E-state index contributed by atoms with van der Waals surface area (Å²) in [5, 5.41) is 0. The number of allylic oxidation sites excluding steroid dienone is 4. The van der Waals surface area contributed by atoms with Crippen molar-refractivity contribution in [2.24, 2.45) is 11.8 Å². The van der Waals surface area contributed by atoms with Gasteiger partial charge in [-0.3, -0.25) is 0 Å². The Morgan fingerprint density at radius 1 is 0.700 bits per heavy atom. The number of ether oxygens (including phenoxy) is 2. The highest BCUT2D eigenvalue weighted by Gasteiger charge is 2.06. The van der Waals surface area contributed by atoms with Crippen molar-refractivity contribution in [1.29, 1.82) is 0 Å². The van der Waals surface area contributed by atoms with Gasteiger partial charge in [0.05, 0.1) is 23.0 Å². The molecule has 0 spiro atoms. The molecule has 0 aliphatic rings. The minimum Gasteiger partial charge on any atom is -0.467 e. The Kier molecular flexibility index (Phi) is 11.9. The molecule has 0 fully saturated rings. The average Bonchev–Trinajstić information content (AvgIpc) is 2.38. The second-order valence-corrected chi connectivity index (χ2v) is 5.23. The summed E-state index contributed by atoms with van der Waals surface area (Å²) in [6.07, 6.45) is 1.72. The Morgan fingerprint density at radius 2 is 1.00 bits per heavy atom. The monoisotopic (exact) mass is 280 g/mol. The molecule has 0 aromatic heterocycles. The van der Waals surface area contributed by atoms with Crippen molar-refractivity contribution in [3.8, 4) is 0 Å². The van der Waals surface area contributed by atoms with Crippen LogP contribution in [0.3, 0.4) is 0 Å². The minimum atomic E-state index is 0.366. The molecule has 0 amide bonds. The van der Waals surface area contributed by atoms with Crippen molar-refractivity contribution in [3.63, 3.8) is 0 Å². The summed E-state index contributed by atoms with van der Waals surface area (Å²) in [4.78, 5) is 0. The van der Waals surface area contributed by atoms with E-state index in [9.17, 15) is 0 Å². The molecule has 0 N–H and O–H groups in total. The third-order valence-electron chi connectivity index (χ3n) is 2.63. The number of hydrogen-bond donors (Lipinski definition) is 0. The van der Waals surface area contributed by atoms with Gasteiger partial charge in [0, 0.05) is 24.7 Å². The second-order valence-electron chi connectivity index (χ2n) is 5.23. The van der Waals surface area contributed by atoms with E-state index in [1.165, 1.54) is 0 Å². The molecule has 2 heteroatoms. The standard InChI is InChI=1S/C10H18O.C8H14O/c1-7(2)9(5)11-10(6)8(3)4;1-5-7(3)9-8(4)6-2/h7-8H,5-6H2,1-4H3;3-6H2,1-2H3. The van der Waals surface area contributed by atoms with Gasteiger partial charge in [0.1, 0.15) is 0 Å². The predicted octanol–water partition coefficient (Wildman–Crippen LogP) is 6.19. The quantitative estimate of drug-likeness (QED) is 0.493. The van der Waals surface area contributed by atoms with E-state index < -0.39 is 0 Å². The fourth-order valence-electron chi connectivity index (χ4n) is 0.753. The molecule has 0 rings (SSSR count). The van der Waals surface area contributed by atoms with Gasteiger partial charge in [-0.2, -0.15) is 0 Å². The van der Waals surface area contributed by atoms with E-state index in [4.69, 9.17) is 9.47 Å². The minimum absolute atomic E-state index is 0.366. The lowest BCUT2D eigenvalue weighted by Crippen LogP contribution is -2.02. The summed E-state index contributed by atoms with van der Waals surface area (Å²) in [6, 6.07) is 0. The van der Waals surface area contributed by atoms with Gasteiger partial charge in [0.2, 0.25) is 0 Å². The van der Waals surface area contributed by atoms with Gasteiger partial charge < -0.3 is 9.47 Å². The van der Waals surface area contributed by atoms with E-state index >= 15 is 0 Å². The van der Waals surface area contributed by atoms with Gasteiger partial charge >= 0.3 is 0 Å². The Hall–Kier alpha value is -1.44. The van der Waals surface area contributed by atoms with Crippen molar-refractivity contribution in [3.05, 3.63) is 49.4 Å². The highest BCUT2D eigenvalue weighted by Crippen LogP contribution is 2.17. The zero-order valence-corrected chi connectivity index (χ0v) is 14.2. The van der Waals surface area contributed by atoms with Crippen LogP contribution in [0.5, 0.6) is 0 Å². The average molecular weight is 280 g/mol. The summed E-state index contributed by atoms with van der Waals surface area (Å²) in [5.74, 6) is 3.91. The molecule has 0 bridgehead atoms. The molecule has 20 heavy (non-hydrogen) atoms. The highest BCUT2D eigenvalue weighted by atomic mass is 16.5. The van der Waals surface area contributed by atoms with Crippen molar-refractivity contribution in [2.45, 2.75) is 54.4 Å². The predicted molar refractivity (Wildman–Crippen MR) is 89.0 cm³/mol. The lowest BCUT2D eigenvalue weighted by molar-refractivity contribution is 0.239. The van der Waals surface area contributed by atoms with Crippen LogP contribution in [0.25, 0.3) is 0 Å². The van der Waals surface area contributed by atoms with Gasteiger partial charge in [-0.25, -0.2) is 0 Å². The van der Waals surface area contributed by atoms with Crippen LogP contribution in [-0.2, 0) is 9.47 Å². The fraction of sp³-hybridized carbons (Fsp3) is 0.556. The van der Waals surface area contributed by atoms with Crippen LogP contribution in [0.15, 0.2) is 49.4 Å². The van der Waals surface area contributed by atoms with Gasteiger partial charge in [-0.05, 0) is 0 Å². The third kappa shape index (κ3) is 11.6. The van der Waals surface area contributed by atoms with Crippen LogP contribution in [0.4, 0.5) is 0 Å². The third-order valence-corrected chi connectivity index (χ3v) is 2.63. The molecule has 0 unspecified atom stereocenters. The highest BCUT2D eigenvalue weighted by molar-refractivity contribution is 4.97. The molecule has 0 saturated heterocycles. The van der Waals surface area contributed by atoms with E-state index in [0.717, 1.165) is 35.9 Å². The van der Waals surface area contributed by atoms with Crippen LogP contribution in [-0.4, -0.2) is 0 Å². The molecule has 0 saturated carbocycles. The van der Waals surface area contributed by atoms with Crippen LogP contribution in [0.1, 0.15) is 54.4 Å². The maximum absolute atomic E-state index is 5.38. The molecule has 0 radical (unpaired) electrons. The maximum Gasteiger partial charge on any atom is 0.0989 e. The Bertz CT molecular complexity index is 303. The largest absolute Gasteiger partial charge is 0.467 e. The molecule has 116 valence electrons. The van der Waals surface area contributed by atoms with Crippen molar-refractivity contribution >= 4 is 0 Å². The maximum atomic E-state index is 5.38. The smallest absolute Gasteiger partial charge is 0.0989 e. The topological polar surface area (TPSA) is 18.5 Å².